The highest BCUT2D eigenvalue weighted by molar-refractivity contribution is 8.21. The van der Waals surface area contributed by atoms with Gasteiger partial charge in [0.2, 0.25) is 0 Å². The average molecular weight is 827 g/mol. The van der Waals surface area contributed by atoms with Crippen LogP contribution in [0, 0.1) is 22.7 Å². The highest BCUT2D eigenvalue weighted by Gasteiger charge is 2.61. The van der Waals surface area contributed by atoms with E-state index in [9.17, 15) is 4.79 Å². The molecule has 2 bridgehead atoms. The van der Waals surface area contributed by atoms with E-state index in [1.54, 1.807) is 0 Å². The fraction of sp³-hybridized carbons (Fsp3) is 0.347. The first-order chi connectivity index (χ1) is 28.2. The number of thioether (sulfide) groups is 2. The number of methoxy groups -OCH3 is 1. The molecule has 0 aromatic heterocycles. The Labute approximate surface area is 351 Å². The van der Waals surface area contributed by atoms with Crippen molar-refractivity contribution in [2.24, 2.45) is 22.7 Å². The Morgan fingerprint density at radius 1 is 0.793 bits per heavy atom. The zero-order valence-corrected chi connectivity index (χ0v) is 35.9. The predicted octanol–water partition coefficient (Wildman–Crippen LogP) is 9.64. The number of carbonyl (C=O) groups excluding carboxylic acids is 2. The van der Waals surface area contributed by atoms with Crippen molar-refractivity contribution in [3.05, 3.63) is 168 Å². The Balaban J connectivity index is 1.35. The van der Waals surface area contributed by atoms with Crippen molar-refractivity contribution < 1.29 is 27.9 Å². The number of cyclic esters (lactones) is 1. The molecule has 3 fully saturated rings. The maximum Gasteiger partial charge on any atom is 0.469 e. The molecule has 2 aliphatic heterocycles. The van der Waals surface area contributed by atoms with Crippen molar-refractivity contribution in [1.82, 2.24) is 0 Å². The van der Waals surface area contributed by atoms with Crippen LogP contribution in [-0.2, 0) is 27.9 Å². The first-order valence-electron chi connectivity index (χ1n) is 20.5. The van der Waals surface area contributed by atoms with Crippen LogP contribution in [0.5, 0.6) is 0 Å². The first kappa shape index (κ1) is 39.2. The van der Waals surface area contributed by atoms with Gasteiger partial charge in [-0.3, -0.25) is 4.79 Å². The minimum atomic E-state index is -3.76. The zero-order chi connectivity index (χ0) is 40.0. The van der Waals surface area contributed by atoms with Crippen molar-refractivity contribution in [3.8, 4) is 0 Å². The molecule has 5 aliphatic rings. The van der Waals surface area contributed by atoms with Gasteiger partial charge in [0.1, 0.15) is 6.10 Å². The summed E-state index contributed by atoms with van der Waals surface area (Å²) in [5.74, 6) is 1.92. The number of esters is 2. The van der Waals surface area contributed by atoms with Gasteiger partial charge in [-0.05, 0) is 55.2 Å². The lowest BCUT2D eigenvalue weighted by atomic mass is 9.51. The zero-order valence-electron chi connectivity index (χ0n) is 33.3. The van der Waals surface area contributed by atoms with Gasteiger partial charge in [0.05, 0.1) is 22.4 Å². The number of fused-ring (bicyclic) bond motifs is 5. The molecule has 0 N–H and O–H groups in total. The molecule has 3 aliphatic carbocycles. The predicted molar refractivity (Wildman–Crippen MR) is 235 cm³/mol. The maximum absolute atomic E-state index is 15.4. The summed E-state index contributed by atoms with van der Waals surface area (Å²) in [5, 5.41) is 1.94. The standard InChI is InChI=1S/C49H50O6S2Si/c1-47-28-29-49(56-30-31-57-49)32-36(47)24-25-39-40(26-27-42(50)52-3)48(2)33-41(43(39)47)54-58(37-20-12-6-13-21-37,38-22-14-7-15-23-38)55-45(35-18-10-5-11-19-35)44(53-46(48)51)34-16-8-4-9-17-34/h4-23,26-27,32,39-40,44-45H,24-25,28-31,33H2,1-3H3/b27-26+/t39-,40-,44-,45-,47-,48-/m0/s1. The summed E-state index contributed by atoms with van der Waals surface area (Å²) in [6, 6.07) is 40.9. The van der Waals surface area contributed by atoms with Gasteiger partial charge in [-0.1, -0.05) is 146 Å². The van der Waals surface area contributed by atoms with E-state index in [0.29, 0.717) is 6.42 Å². The third-order valence-corrected chi connectivity index (χ3v) is 20.0. The monoisotopic (exact) mass is 826 g/mol. The van der Waals surface area contributed by atoms with Crippen molar-refractivity contribution in [3.63, 3.8) is 0 Å². The molecule has 4 aromatic carbocycles. The number of hydrogen-bond donors (Lipinski definition) is 0. The SMILES string of the molecule is COC(=O)/C=C/[C@H]1[C@@H]2CCC3=CC4(CC[C@]3(C)C2=C2C[C@]1(C)C(=O)O[C@@H](c1ccccc1)[C@H](c1ccccc1)O[Si](c1ccccc1)(c1ccccc1)O2)SCCS4. The van der Waals surface area contributed by atoms with Crippen LogP contribution in [0.15, 0.2) is 156 Å². The largest absolute Gasteiger partial charge is 0.518 e. The lowest BCUT2D eigenvalue weighted by Gasteiger charge is -2.56. The van der Waals surface area contributed by atoms with Crippen molar-refractivity contribution in [1.29, 1.82) is 0 Å². The Kier molecular flexibility index (Phi) is 10.6. The number of benzene rings is 4. The molecule has 9 rings (SSSR count). The van der Waals surface area contributed by atoms with Gasteiger partial charge in [-0.15, -0.1) is 23.5 Å². The maximum atomic E-state index is 15.4. The molecule has 6 atom stereocenters. The number of allylic oxidation sites excluding steroid dienone is 4. The molecule has 58 heavy (non-hydrogen) atoms. The van der Waals surface area contributed by atoms with E-state index in [1.165, 1.54) is 24.3 Å². The summed E-state index contributed by atoms with van der Waals surface area (Å²) in [6.07, 6.45) is 8.53. The molecule has 1 spiro atoms. The minimum absolute atomic E-state index is 0.0972. The number of ether oxygens (including phenoxy) is 2. The van der Waals surface area contributed by atoms with Crippen LogP contribution in [0.3, 0.4) is 0 Å². The lowest BCUT2D eigenvalue weighted by Crippen LogP contribution is -2.65. The molecule has 6 nitrogen and oxygen atoms in total. The fourth-order valence-corrected chi connectivity index (χ4v) is 16.8. The molecular formula is C49H50O6S2Si. The van der Waals surface area contributed by atoms with Crippen LogP contribution < -0.4 is 10.4 Å². The van der Waals surface area contributed by atoms with Crippen LogP contribution in [0.2, 0.25) is 0 Å². The normalized spacial score (nSPS) is 30.1. The molecule has 1 saturated carbocycles. The van der Waals surface area contributed by atoms with E-state index >= 15 is 4.79 Å². The fourth-order valence-electron chi connectivity index (χ4n) is 10.3. The van der Waals surface area contributed by atoms with Gasteiger partial charge in [0.25, 0.3) is 0 Å². The van der Waals surface area contributed by atoms with Crippen molar-refractivity contribution in [2.75, 3.05) is 18.6 Å². The summed E-state index contributed by atoms with van der Waals surface area (Å²) in [7, 11) is -2.36. The van der Waals surface area contributed by atoms with Crippen LogP contribution in [-0.4, -0.2) is 43.2 Å². The van der Waals surface area contributed by atoms with E-state index < -0.39 is 32.2 Å². The van der Waals surface area contributed by atoms with Crippen LogP contribution in [0.4, 0.5) is 0 Å². The van der Waals surface area contributed by atoms with E-state index in [2.05, 4.69) is 85.1 Å². The molecule has 0 amide bonds. The molecule has 4 aromatic rings. The number of carbonyl (C=O) groups is 2. The van der Waals surface area contributed by atoms with Crippen molar-refractivity contribution >= 4 is 54.4 Å². The second kappa shape index (κ2) is 15.7. The topological polar surface area (TPSA) is 71.1 Å². The Hall–Kier alpha value is -4.28. The second-order valence-corrected chi connectivity index (χ2v) is 22.6. The van der Waals surface area contributed by atoms with E-state index in [0.717, 1.165) is 64.4 Å². The summed E-state index contributed by atoms with van der Waals surface area (Å²) in [4.78, 5) is 28.3. The van der Waals surface area contributed by atoms with Crippen LogP contribution in [0.1, 0.15) is 69.3 Å². The quantitative estimate of drug-likeness (QED) is 0.0825. The highest BCUT2D eigenvalue weighted by Crippen LogP contribution is 2.66. The van der Waals surface area contributed by atoms with Gasteiger partial charge in [-0.25, -0.2) is 4.79 Å². The van der Waals surface area contributed by atoms with E-state index in [4.69, 9.17) is 18.3 Å². The summed E-state index contributed by atoms with van der Waals surface area (Å²) < 4.78 is 28.1. The van der Waals surface area contributed by atoms with E-state index in [-0.39, 0.29) is 27.3 Å². The highest BCUT2D eigenvalue weighted by atomic mass is 32.2. The van der Waals surface area contributed by atoms with Gasteiger partial charge in [0, 0.05) is 45.7 Å². The van der Waals surface area contributed by atoms with Crippen molar-refractivity contribution in [2.45, 2.75) is 62.2 Å². The van der Waals surface area contributed by atoms with Gasteiger partial charge in [-0.2, -0.15) is 0 Å². The molecule has 2 saturated heterocycles. The third-order valence-electron chi connectivity index (χ3n) is 13.3. The molecule has 9 heteroatoms. The molecule has 2 heterocycles. The molecule has 0 radical (unpaired) electrons. The van der Waals surface area contributed by atoms with Crippen LogP contribution in [0.25, 0.3) is 0 Å². The summed E-state index contributed by atoms with van der Waals surface area (Å²) >= 11 is 4.17. The smallest absolute Gasteiger partial charge is 0.469 e. The summed E-state index contributed by atoms with van der Waals surface area (Å²) in [6.45, 7) is 4.43. The van der Waals surface area contributed by atoms with Gasteiger partial charge in [0.15, 0.2) is 6.10 Å². The van der Waals surface area contributed by atoms with Gasteiger partial charge < -0.3 is 18.3 Å². The second-order valence-electron chi connectivity index (χ2n) is 16.6. The summed E-state index contributed by atoms with van der Waals surface area (Å²) in [5.41, 5.74) is 2.99. The number of rotatable bonds is 6. The van der Waals surface area contributed by atoms with Gasteiger partial charge >= 0.3 is 20.5 Å². The molecular weight excluding hydrogens is 777 g/mol. The average Bonchev–Trinajstić information content (AvgIpc) is 3.72. The Morgan fingerprint density at radius 3 is 1.95 bits per heavy atom. The lowest BCUT2D eigenvalue weighted by molar-refractivity contribution is -0.173. The minimum Gasteiger partial charge on any atom is -0.518 e. The van der Waals surface area contributed by atoms with E-state index in [1.807, 2.05) is 85.8 Å². The molecule has 298 valence electrons. The Bertz CT molecular complexity index is 2200. The molecule has 0 unspecified atom stereocenters. The first-order valence-corrected chi connectivity index (χ1v) is 24.3. The van der Waals surface area contributed by atoms with Crippen LogP contribution >= 0.6 is 23.5 Å². The Morgan fingerprint density at radius 2 is 1.36 bits per heavy atom. The third kappa shape index (κ3) is 6.81. The number of hydrogen-bond acceptors (Lipinski definition) is 8.